The molecule has 2 saturated carbocycles. The second-order valence-corrected chi connectivity index (χ2v) is 18.8. The van der Waals surface area contributed by atoms with Gasteiger partial charge >= 0.3 is 18.2 Å². The topological polar surface area (TPSA) is 196 Å². The van der Waals surface area contributed by atoms with Gasteiger partial charge in [-0.2, -0.15) is 13.2 Å². The summed E-state index contributed by atoms with van der Waals surface area (Å²) in [6, 6.07) is 1.50. The summed E-state index contributed by atoms with van der Waals surface area (Å²) in [5, 5.41) is 5.04. The van der Waals surface area contributed by atoms with Crippen LogP contribution in [-0.4, -0.2) is 103 Å². The first-order valence-corrected chi connectivity index (χ1v) is 20.6. The van der Waals surface area contributed by atoms with Gasteiger partial charge in [-0.15, -0.1) is 0 Å². The molecule has 3 aliphatic heterocycles. The van der Waals surface area contributed by atoms with E-state index in [1.54, 1.807) is 13.0 Å². The highest BCUT2D eigenvalue weighted by Crippen LogP contribution is 2.48. The van der Waals surface area contributed by atoms with Crippen LogP contribution in [0.4, 0.5) is 18.0 Å². The maximum atomic E-state index is 14.6. The van der Waals surface area contributed by atoms with Crippen LogP contribution in [0.2, 0.25) is 0 Å². The van der Waals surface area contributed by atoms with Crippen LogP contribution >= 0.6 is 0 Å². The number of nitrogens with zero attached hydrogens (tertiary/aromatic N) is 1. The van der Waals surface area contributed by atoms with Gasteiger partial charge < -0.3 is 34.5 Å². The lowest BCUT2D eigenvalue weighted by Crippen LogP contribution is -2.59. The molecule has 1 saturated heterocycles. The van der Waals surface area contributed by atoms with Crippen molar-refractivity contribution in [3.05, 3.63) is 35.9 Å². The molecule has 2 aliphatic carbocycles. The van der Waals surface area contributed by atoms with Crippen molar-refractivity contribution in [3.8, 4) is 11.5 Å². The smallest absolute Gasteiger partial charge is 0.427 e. The van der Waals surface area contributed by atoms with Gasteiger partial charge in [-0.25, -0.2) is 18.0 Å². The van der Waals surface area contributed by atoms with Crippen molar-refractivity contribution < 1.29 is 64.5 Å². The van der Waals surface area contributed by atoms with Crippen LogP contribution in [0.15, 0.2) is 30.4 Å². The van der Waals surface area contributed by atoms with E-state index in [1.807, 2.05) is 13.0 Å². The Morgan fingerprint density at radius 1 is 1.04 bits per heavy atom. The predicted octanol–water partition coefficient (Wildman–Crippen LogP) is 3.91. The van der Waals surface area contributed by atoms with Crippen LogP contribution in [-0.2, 0) is 33.9 Å². The third-order valence-electron chi connectivity index (χ3n) is 11.6. The number of hydrogen-bond donors (Lipinski definition) is 3. The van der Waals surface area contributed by atoms with Gasteiger partial charge in [0, 0.05) is 12.3 Å². The number of benzene rings is 1. The predicted molar refractivity (Wildman–Crippen MR) is 195 cm³/mol. The number of sulfonamides is 1. The number of amides is 4. The maximum Gasteiger partial charge on any atom is 0.427 e. The van der Waals surface area contributed by atoms with Crippen molar-refractivity contribution >= 4 is 39.8 Å². The average Bonchev–Trinajstić information content (AvgIpc) is 4.01. The van der Waals surface area contributed by atoms with E-state index < -0.39 is 91.9 Å². The molecule has 3 fully saturated rings. The van der Waals surface area contributed by atoms with Crippen LogP contribution in [0.3, 0.4) is 0 Å². The van der Waals surface area contributed by atoms with Gasteiger partial charge in [0.1, 0.15) is 36.9 Å². The maximum absolute atomic E-state index is 14.6. The fraction of sp³-hybridized carbons (Fsp3) is 0.658. The molecule has 1 aromatic carbocycles. The van der Waals surface area contributed by atoms with Crippen molar-refractivity contribution in [1.82, 2.24) is 20.3 Å². The standard InChI is InChI=1S/C38H49F3N4O11S/c1-21-8-6-7-9-24-19-37(24,33(49)44-57(51,52)36(5)12-13-36)43-30(46)26-18-25(55-32(48)23-10-11-27-28(17-23)54-15-14-53-27)20-45(26)31(47)29(22(2)16-21)42-34(50)56-35(3,4)38(39,40)41/h7,9-11,17,21-22,24-26,29H,6,8,12-16,18-20H2,1-5H3,(H,42,50)(H,43,46)(H,44,49)/t21-,22-,24-,25-,26+,29+,37-/m1/s1. The molecule has 57 heavy (non-hydrogen) atoms. The summed E-state index contributed by atoms with van der Waals surface area (Å²) in [5.41, 5.74) is -4.51. The number of esters is 1. The van der Waals surface area contributed by atoms with Crippen LogP contribution in [0.1, 0.15) is 89.9 Å². The molecule has 5 aliphatic rings. The number of rotatable bonds is 7. The zero-order chi connectivity index (χ0) is 41.7. The minimum absolute atomic E-state index is 0.0636. The number of carbonyl (C=O) groups is 5. The third-order valence-corrected chi connectivity index (χ3v) is 13.8. The van der Waals surface area contributed by atoms with Gasteiger partial charge in [0.25, 0.3) is 5.91 Å². The van der Waals surface area contributed by atoms with Crippen molar-refractivity contribution in [2.45, 2.75) is 120 Å². The van der Waals surface area contributed by atoms with Gasteiger partial charge in [-0.1, -0.05) is 26.0 Å². The summed E-state index contributed by atoms with van der Waals surface area (Å²) in [6.45, 7) is 6.61. The first-order valence-electron chi connectivity index (χ1n) is 19.1. The zero-order valence-corrected chi connectivity index (χ0v) is 33.2. The number of hydrogen-bond acceptors (Lipinski definition) is 11. The first-order chi connectivity index (χ1) is 26.6. The summed E-state index contributed by atoms with van der Waals surface area (Å²) < 4.78 is 90.0. The highest BCUT2D eigenvalue weighted by molar-refractivity contribution is 7.91. The molecule has 6 rings (SSSR count). The molecular formula is C38H49F3N4O11S. The van der Waals surface area contributed by atoms with E-state index in [9.17, 15) is 45.6 Å². The van der Waals surface area contributed by atoms with Crippen LogP contribution < -0.4 is 24.8 Å². The lowest BCUT2D eigenvalue weighted by molar-refractivity contribution is -0.244. The lowest BCUT2D eigenvalue weighted by Gasteiger charge is -2.34. The van der Waals surface area contributed by atoms with E-state index in [0.717, 1.165) is 4.90 Å². The van der Waals surface area contributed by atoms with Gasteiger partial charge in [-0.3, -0.25) is 19.1 Å². The molecule has 0 spiro atoms. The summed E-state index contributed by atoms with van der Waals surface area (Å²) in [4.78, 5) is 70.4. The quantitative estimate of drug-likeness (QED) is 0.267. The van der Waals surface area contributed by atoms with E-state index in [-0.39, 0.29) is 37.5 Å². The first kappa shape index (κ1) is 42.1. The normalized spacial score (nSPS) is 30.0. The number of fused-ring (bicyclic) bond motifs is 3. The second-order valence-electron chi connectivity index (χ2n) is 16.6. The Hall–Kier alpha value is -4.55. The van der Waals surface area contributed by atoms with E-state index in [2.05, 4.69) is 15.4 Å². The van der Waals surface area contributed by atoms with Crippen molar-refractivity contribution in [2.24, 2.45) is 17.8 Å². The lowest BCUT2D eigenvalue weighted by atomic mass is 9.88. The van der Waals surface area contributed by atoms with Gasteiger partial charge in [-0.05, 0) is 89.3 Å². The number of carbonyl (C=O) groups excluding carboxylic acids is 5. The minimum Gasteiger partial charge on any atom is -0.486 e. The molecule has 0 unspecified atom stereocenters. The summed E-state index contributed by atoms with van der Waals surface area (Å²) in [5.74, 6) is -4.08. The van der Waals surface area contributed by atoms with Crippen LogP contribution in [0.25, 0.3) is 0 Å². The van der Waals surface area contributed by atoms with E-state index in [1.165, 1.54) is 25.1 Å². The minimum atomic E-state index is -4.94. The fourth-order valence-electron chi connectivity index (χ4n) is 7.43. The number of ether oxygens (including phenoxy) is 4. The summed E-state index contributed by atoms with van der Waals surface area (Å²) in [7, 11) is -4.10. The summed E-state index contributed by atoms with van der Waals surface area (Å²) in [6.07, 6.45) is -2.04. The second kappa shape index (κ2) is 15.3. The number of alkyl halides is 3. The largest absolute Gasteiger partial charge is 0.486 e. The number of alkyl carbamates (subject to hydrolysis) is 1. The Morgan fingerprint density at radius 3 is 2.39 bits per heavy atom. The fourth-order valence-corrected chi connectivity index (χ4v) is 8.74. The molecule has 1 aromatic rings. The Labute approximate surface area is 328 Å². The van der Waals surface area contributed by atoms with Crippen molar-refractivity contribution in [3.63, 3.8) is 0 Å². The molecule has 0 radical (unpaired) electrons. The third kappa shape index (κ3) is 8.82. The van der Waals surface area contributed by atoms with Crippen molar-refractivity contribution in [1.29, 1.82) is 0 Å². The molecule has 0 aromatic heterocycles. The number of halogens is 3. The SMILES string of the molecule is C[C@@H]1CCC=C[C@@H]2C[C@@]2(C(=O)NS(=O)(=O)C2(C)CC2)NC(=O)[C@@H]2C[C@@H](OC(=O)c3ccc4c(c3)OCCO4)CN2C(=O)[C@@H](NC(=O)OC(C)(C)C(F)(F)F)[C@H](C)C1. The molecule has 15 nitrogen and oxygen atoms in total. The van der Waals surface area contributed by atoms with Crippen LogP contribution in [0, 0.1) is 17.8 Å². The molecule has 19 heteroatoms. The molecule has 0 bridgehead atoms. The van der Waals surface area contributed by atoms with Crippen LogP contribution in [0.5, 0.6) is 11.5 Å². The number of allylic oxidation sites excluding steroid dienone is 1. The van der Waals surface area contributed by atoms with E-state index in [0.29, 0.717) is 64.1 Å². The Bertz CT molecular complexity index is 1940. The number of nitrogens with one attached hydrogen (secondary N) is 3. The molecule has 3 heterocycles. The average molecular weight is 827 g/mol. The highest BCUT2D eigenvalue weighted by atomic mass is 32.2. The molecule has 7 atom stereocenters. The van der Waals surface area contributed by atoms with Gasteiger partial charge in [0.05, 0.1) is 16.9 Å². The van der Waals surface area contributed by atoms with E-state index >= 15 is 0 Å². The monoisotopic (exact) mass is 826 g/mol. The molecular weight excluding hydrogens is 777 g/mol. The summed E-state index contributed by atoms with van der Waals surface area (Å²) >= 11 is 0. The molecule has 3 N–H and O–H groups in total. The van der Waals surface area contributed by atoms with Gasteiger partial charge in [0.2, 0.25) is 27.4 Å². The molecule has 314 valence electrons. The molecule has 4 amide bonds. The van der Waals surface area contributed by atoms with E-state index in [4.69, 9.17) is 18.9 Å². The Morgan fingerprint density at radius 2 is 1.72 bits per heavy atom. The van der Waals surface area contributed by atoms with Crippen molar-refractivity contribution in [2.75, 3.05) is 19.8 Å². The Kier molecular flexibility index (Phi) is 11.3. The van der Waals surface area contributed by atoms with Gasteiger partial charge in [0.15, 0.2) is 11.5 Å². The highest BCUT2D eigenvalue weighted by Gasteiger charge is 2.63. The zero-order valence-electron chi connectivity index (χ0n) is 32.4. The Balaban J connectivity index is 1.31.